The van der Waals surface area contributed by atoms with Crippen LogP contribution >= 0.6 is 11.6 Å². The Bertz CT molecular complexity index is 860. The average Bonchev–Trinajstić information content (AvgIpc) is 3.21. The van der Waals surface area contributed by atoms with E-state index in [0.29, 0.717) is 9.00 Å². The van der Waals surface area contributed by atoms with Gasteiger partial charge in [-0.3, -0.25) is 4.79 Å². The summed E-state index contributed by atoms with van der Waals surface area (Å²) in [5.74, 6) is -0.526. The predicted octanol–water partition coefficient (Wildman–Crippen LogP) is 1.59. The van der Waals surface area contributed by atoms with Gasteiger partial charge in [-0.2, -0.15) is 3.97 Å². The molecule has 1 aromatic carbocycles. The summed E-state index contributed by atoms with van der Waals surface area (Å²) in [7, 11) is -4.03. The van der Waals surface area contributed by atoms with Crippen LogP contribution in [-0.4, -0.2) is 22.9 Å². The van der Waals surface area contributed by atoms with Gasteiger partial charge in [0.05, 0.1) is 4.90 Å². The van der Waals surface area contributed by atoms with Crippen LogP contribution in [0.4, 0.5) is 0 Å². The summed E-state index contributed by atoms with van der Waals surface area (Å²) in [4.78, 5) is 24.0. The van der Waals surface area contributed by atoms with Crippen LogP contribution in [0.15, 0.2) is 46.3 Å². The van der Waals surface area contributed by atoms with E-state index in [-0.39, 0.29) is 16.7 Å². The minimum Gasteiger partial charge on any atom is -0.274 e. The van der Waals surface area contributed by atoms with Gasteiger partial charge in [0.25, 0.3) is 10.0 Å². The first-order valence-corrected chi connectivity index (χ1v) is 8.08. The number of carbonyl (C=O) groups excluding carboxylic acids is 1. The number of hydrogen-bond donors (Lipinski definition) is 0. The summed E-state index contributed by atoms with van der Waals surface area (Å²) in [6.07, 6.45) is 3.75. The summed E-state index contributed by atoms with van der Waals surface area (Å²) < 4.78 is 26.2. The second-order valence-corrected chi connectivity index (χ2v) is 7.07. The van der Waals surface area contributed by atoms with Crippen LogP contribution in [0.5, 0.6) is 0 Å². The Labute approximate surface area is 125 Å². The van der Waals surface area contributed by atoms with Crippen LogP contribution in [-0.2, 0) is 10.0 Å². The van der Waals surface area contributed by atoms with E-state index in [2.05, 4.69) is 0 Å². The quantitative estimate of drug-likeness (QED) is 0.858. The average molecular weight is 327 g/mol. The molecular weight excluding hydrogens is 316 g/mol. The van der Waals surface area contributed by atoms with Gasteiger partial charge in [0, 0.05) is 23.3 Å². The molecule has 1 aliphatic rings. The van der Waals surface area contributed by atoms with E-state index < -0.39 is 15.7 Å². The highest BCUT2D eigenvalue weighted by Crippen LogP contribution is 2.30. The number of nitrogens with zero attached hydrogens (tertiary/aromatic N) is 2. The number of carbonyl (C=O) groups is 1. The number of rotatable bonds is 3. The van der Waals surface area contributed by atoms with Crippen molar-refractivity contribution >= 4 is 27.5 Å². The minimum absolute atomic E-state index is 0.0642. The van der Waals surface area contributed by atoms with Gasteiger partial charge in [0.2, 0.25) is 5.91 Å². The van der Waals surface area contributed by atoms with Crippen molar-refractivity contribution in [2.24, 2.45) is 5.92 Å². The Morgan fingerprint density at radius 2 is 1.76 bits per heavy atom. The largest absolute Gasteiger partial charge is 0.349 e. The Morgan fingerprint density at radius 3 is 2.33 bits per heavy atom. The number of aromatic nitrogens is 2. The van der Waals surface area contributed by atoms with E-state index in [4.69, 9.17) is 11.6 Å². The highest BCUT2D eigenvalue weighted by molar-refractivity contribution is 7.90. The van der Waals surface area contributed by atoms with Gasteiger partial charge in [0.15, 0.2) is 0 Å². The minimum atomic E-state index is -4.03. The van der Waals surface area contributed by atoms with Crippen molar-refractivity contribution in [2.45, 2.75) is 17.7 Å². The van der Waals surface area contributed by atoms with Crippen molar-refractivity contribution in [1.29, 1.82) is 0 Å². The molecule has 21 heavy (non-hydrogen) atoms. The standard InChI is InChI=1S/C13H11ClN2O4S/c14-10-3-5-11(6-4-10)21(19,20)16-8-7-15(13(16)18)12(17)9-1-2-9/h3-9H,1-2H2. The molecule has 0 saturated heterocycles. The summed E-state index contributed by atoms with van der Waals surface area (Å²) in [6, 6.07) is 5.46. The summed E-state index contributed by atoms with van der Waals surface area (Å²) in [5.41, 5.74) is -0.873. The lowest BCUT2D eigenvalue weighted by Crippen LogP contribution is -2.32. The second-order valence-electron chi connectivity index (χ2n) is 4.82. The first-order valence-electron chi connectivity index (χ1n) is 6.26. The molecule has 0 spiro atoms. The van der Waals surface area contributed by atoms with E-state index in [1.54, 1.807) is 0 Å². The van der Waals surface area contributed by atoms with E-state index in [9.17, 15) is 18.0 Å². The van der Waals surface area contributed by atoms with Crippen molar-refractivity contribution < 1.29 is 13.2 Å². The highest BCUT2D eigenvalue weighted by Gasteiger charge is 2.33. The first kappa shape index (κ1) is 14.1. The SMILES string of the molecule is O=C(C1CC1)n1ccn(S(=O)(=O)c2ccc(Cl)cc2)c1=O. The third-order valence-electron chi connectivity index (χ3n) is 3.28. The van der Waals surface area contributed by atoms with Gasteiger partial charge in [-0.05, 0) is 37.1 Å². The molecule has 8 heteroatoms. The van der Waals surface area contributed by atoms with Crippen molar-refractivity contribution in [1.82, 2.24) is 8.54 Å². The molecule has 0 atom stereocenters. The molecule has 0 bridgehead atoms. The van der Waals surface area contributed by atoms with E-state index in [1.165, 1.54) is 30.5 Å². The lowest BCUT2D eigenvalue weighted by molar-refractivity contribution is 0.0882. The van der Waals surface area contributed by atoms with Crippen LogP contribution in [0.2, 0.25) is 5.02 Å². The van der Waals surface area contributed by atoms with E-state index >= 15 is 0 Å². The molecule has 0 N–H and O–H groups in total. The number of halogens is 1. The van der Waals surface area contributed by atoms with Crippen molar-refractivity contribution in [3.8, 4) is 0 Å². The van der Waals surface area contributed by atoms with E-state index in [1.807, 2.05) is 0 Å². The Kier molecular flexibility index (Phi) is 3.26. The van der Waals surface area contributed by atoms with Gasteiger partial charge in [-0.25, -0.2) is 17.8 Å². The normalized spacial score (nSPS) is 15.1. The maximum atomic E-state index is 12.4. The zero-order valence-corrected chi connectivity index (χ0v) is 12.3. The van der Waals surface area contributed by atoms with Crippen molar-refractivity contribution in [3.63, 3.8) is 0 Å². The molecule has 1 aromatic heterocycles. The van der Waals surface area contributed by atoms with Crippen LogP contribution in [0.3, 0.4) is 0 Å². The molecule has 3 rings (SSSR count). The molecule has 0 unspecified atom stereocenters. The molecule has 2 aromatic rings. The molecule has 0 radical (unpaired) electrons. The molecule has 0 amide bonds. The fourth-order valence-corrected chi connectivity index (χ4v) is 3.30. The third-order valence-corrected chi connectivity index (χ3v) is 5.20. The molecule has 0 aliphatic heterocycles. The van der Waals surface area contributed by atoms with Crippen LogP contribution in [0.1, 0.15) is 17.6 Å². The molecule has 1 fully saturated rings. The smallest absolute Gasteiger partial charge is 0.274 e. The molecule has 1 saturated carbocycles. The molecule has 1 aliphatic carbocycles. The zero-order chi connectivity index (χ0) is 15.2. The maximum absolute atomic E-state index is 12.4. The molecular formula is C13H11ClN2O4S. The summed E-state index contributed by atoms with van der Waals surface area (Å²) in [5, 5.41) is 0.391. The Balaban J connectivity index is 2.06. The number of imidazole rings is 1. The summed E-state index contributed by atoms with van der Waals surface area (Å²) in [6.45, 7) is 0. The molecule has 6 nitrogen and oxygen atoms in total. The van der Waals surface area contributed by atoms with Gasteiger partial charge >= 0.3 is 5.69 Å². The highest BCUT2D eigenvalue weighted by atomic mass is 35.5. The van der Waals surface area contributed by atoms with Crippen LogP contribution in [0.25, 0.3) is 0 Å². The molecule has 110 valence electrons. The van der Waals surface area contributed by atoms with E-state index in [0.717, 1.165) is 23.6 Å². The van der Waals surface area contributed by atoms with Crippen molar-refractivity contribution in [3.05, 3.63) is 52.2 Å². The maximum Gasteiger partial charge on any atom is 0.349 e. The lowest BCUT2D eigenvalue weighted by Gasteiger charge is -2.04. The number of benzene rings is 1. The predicted molar refractivity (Wildman–Crippen MR) is 76.1 cm³/mol. The second kappa shape index (κ2) is 4.85. The van der Waals surface area contributed by atoms with Crippen LogP contribution in [0, 0.1) is 5.92 Å². The Hall–Kier alpha value is -1.86. The topological polar surface area (TPSA) is 78.1 Å². The monoisotopic (exact) mass is 326 g/mol. The van der Waals surface area contributed by atoms with Crippen LogP contribution < -0.4 is 5.69 Å². The first-order chi connectivity index (χ1) is 9.91. The third kappa shape index (κ3) is 2.43. The summed E-state index contributed by atoms with van der Waals surface area (Å²) >= 11 is 5.71. The zero-order valence-electron chi connectivity index (χ0n) is 10.8. The molecule has 1 heterocycles. The fourth-order valence-electron chi connectivity index (χ4n) is 1.96. The van der Waals surface area contributed by atoms with Gasteiger partial charge < -0.3 is 0 Å². The van der Waals surface area contributed by atoms with Gasteiger partial charge in [-0.15, -0.1) is 0 Å². The Morgan fingerprint density at radius 1 is 1.14 bits per heavy atom. The van der Waals surface area contributed by atoms with Gasteiger partial charge in [0.1, 0.15) is 0 Å². The lowest BCUT2D eigenvalue weighted by atomic mass is 10.4. The fraction of sp³-hybridized carbons (Fsp3) is 0.231. The van der Waals surface area contributed by atoms with Crippen molar-refractivity contribution in [2.75, 3.05) is 0 Å². The number of hydrogen-bond acceptors (Lipinski definition) is 4. The van der Waals surface area contributed by atoms with Gasteiger partial charge in [-0.1, -0.05) is 11.6 Å².